The molecule has 136 valence electrons. The van der Waals surface area contributed by atoms with Crippen molar-refractivity contribution in [1.82, 2.24) is 15.3 Å². The average Bonchev–Trinajstić information content (AvgIpc) is 3.08. The third kappa shape index (κ3) is 2.75. The molecule has 1 aliphatic rings. The number of H-pyrrole nitrogens is 1. The highest BCUT2D eigenvalue weighted by atomic mass is 32.2. The molecule has 0 saturated carbocycles. The van der Waals surface area contributed by atoms with E-state index < -0.39 is 15.7 Å². The van der Waals surface area contributed by atoms with Gasteiger partial charge in [-0.2, -0.15) is 0 Å². The molecule has 2 N–H and O–H groups in total. The normalized spacial score (nSPS) is 15.5. The fourth-order valence-corrected chi connectivity index (χ4v) is 4.86. The van der Waals surface area contributed by atoms with Gasteiger partial charge >= 0.3 is 0 Å². The number of aromatic nitrogens is 2. The van der Waals surface area contributed by atoms with Crippen LogP contribution in [0.3, 0.4) is 0 Å². The molecule has 26 heavy (non-hydrogen) atoms. The van der Waals surface area contributed by atoms with Crippen LogP contribution in [0.15, 0.2) is 46.5 Å². The molecule has 1 fully saturated rings. The van der Waals surface area contributed by atoms with Gasteiger partial charge in [0.1, 0.15) is 16.2 Å². The van der Waals surface area contributed by atoms with Gasteiger partial charge in [-0.1, -0.05) is 6.07 Å². The van der Waals surface area contributed by atoms with Gasteiger partial charge < -0.3 is 15.2 Å². The van der Waals surface area contributed by atoms with Gasteiger partial charge in [-0.05, 0) is 30.7 Å². The first kappa shape index (κ1) is 17.0. The molecule has 3 aromatic rings. The van der Waals surface area contributed by atoms with E-state index >= 15 is 0 Å². The summed E-state index contributed by atoms with van der Waals surface area (Å²) in [7, 11) is -4.01. The molecule has 0 radical (unpaired) electrons. The number of aryl methyl sites for hydroxylation is 1. The van der Waals surface area contributed by atoms with Crippen LogP contribution in [0, 0.1) is 12.7 Å². The van der Waals surface area contributed by atoms with E-state index in [1.807, 2.05) is 0 Å². The topological polar surface area (TPSA) is 78.1 Å². The molecule has 6 nitrogen and oxygen atoms in total. The number of hydrogen-bond donors (Lipinski definition) is 2. The molecule has 3 heterocycles. The molecule has 0 unspecified atom stereocenters. The maximum Gasteiger partial charge on any atom is 0.211 e. The van der Waals surface area contributed by atoms with Crippen molar-refractivity contribution in [2.24, 2.45) is 0 Å². The Labute approximate surface area is 151 Å². The Kier molecular flexibility index (Phi) is 4.16. The van der Waals surface area contributed by atoms with E-state index in [2.05, 4.69) is 20.2 Å². The van der Waals surface area contributed by atoms with E-state index in [0.717, 1.165) is 31.9 Å². The fourth-order valence-electron chi connectivity index (χ4n) is 3.29. The van der Waals surface area contributed by atoms with Gasteiger partial charge in [-0.3, -0.25) is 4.98 Å². The Morgan fingerprint density at radius 1 is 1.15 bits per heavy atom. The minimum absolute atomic E-state index is 0.0355. The van der Waals surface area contributed by atoms with Crippen LogP contribution in [0.25, 0.3) is 11.0 Å². The second-order valence-electron chi connectivity index (χ2n) is 6.38. The van der Waals surface area contributed by atoms with Gasteiger partial charge in [-0.15, -0.1) is 0 Å². The number of aromatic amines is 1. The Morgan fingerprint density at radius 3 is 2.69 bits per heavy atom. The largest absolute Gasteiger partial charge is 0.366 e. The summed E-state index contributed by atoms with van der Waals surface area (Å²) in [5.74, 6) is -0.755. The summed E-state index contributed by atoms with van der Waals surface area (Å²) >= 11 is 0. The molecule has 0 amide bonds. The zero-order chi connectivity index (χ0) is 18.3. The number of nitrogens with zero attached hydrogens (tertiary/aromatic N) is 2. The van der Waals surface area contributed by atoms with Crippen molar-refractivity contribution in [3.8, 4) is 0 Å². The van der Waals surface area contributed by atoms with Crippen molar-refractivity contribution in [3.63, 3.8) is 0 Å². The molecule has 1 aromatic carbocycles. The predicted molar refractivity (Wildman–Crippen MR) is 97.8 cm³/mol. The number of piperazine rings is 1. The van der Waals surface area contributed by atoms with Crippen LogP contribution in [-0.2, 0) is 9.84 Å². The Morgan fingerprint density at radius 2 is 1.92 bits per heavy atom. The lowest BCUT2D eigenvalue weighted by Gasteiger charge is -2.28. The second-order valence-corrected chi connectivity index (χ2v) is 8.27. The number of sulfone groups is 1. The van der Waals surface area contributed by atoms with E-state index in [4.69, 9.17) is 0 Å². The SMILES string of the molecule is Cc1ccc(F)c(S(=O)(=O)c2ccnc3c(N4CCNCC4)c[nH]c23)c1. The van der Waals surface area contributed by atoms with Crippen molar-refractivity contribution in [1.29, 1.82) is 0 Å². The Balaban J connectivity index is 1.87. The van der Waals surface area contributed by atoms with E-state index in [-0.39, 0.29) is 9.79 Å². The minimum atomic E-state index is -4.01. The smallest absolute Gasteiger partial charge is 0.211 e. The number of rotatable bonds is 3. The number of anilines is 1. The van der Waals surface area contributed by atoms with Gasteiger partial charge in [0.15, 0.2) is 0 Å². The third-order valence-corrected chi connectivity index (χ3v) is 6.44. The van der Waals surface area contributed by atoms with Gasteiger partial charge in [-0.25, -0.2) is 12.8 Å². The van der Waals surface area contributed by atoms with Crippen LogP contribution >= 0.6 is 0 Å². The Bertz CT molecular complexity index is 1070. The van der Waals surface area contributed by atoms with Gasteiger partial charge in [0, 0.05) is 38.6 Å². The fraction of sp³-hybridized carbons (Fsp3) is 0.278. The number of halogens is 1. The van der Waals surface area contributed by atoms with Crippen LogP contribution in [0.5, 0.6) is 0 Å². The molecule has 0 spiro atoms. The number of pyridine rings is 1. The second kappa shape index (κ2) is 6.37. The number of fused-ring (bicyclic) bond motifs is 1. The molecule has 0 atom stereocenters. The van der Waals surface area contributed by atoms with Crippen molar-refractivity contribution in [2.75, 3.05) is 31.1 Å². The van der Waals surface area contributed by atoms with Crippen LogP contribution < -0.4 is 10.2 Å². The van der Waals surface area contributed by atoms with Crippen LogP contribution in [-0.4, -0.2) is 44.6 Å². The first-order valence-corrected chi connectivity index (χ1v) is 9.90. The monoisotopic (exact) mass is 374 g/mol. The molecule has 1 aliphatic heterocycles. The number of hydrogen-bond acceptors (Lipinski definition) is 5. The van der Waals surface area contributed by atoms with Gasteiger partial charge in [0.05, 0.1) is 16.1 Å². The van der Waals surface area contributed by atoms with Crippen LogP contribution in [0.2, 0.25) is 0 Å². The van der Waals surface area contributed by atoms with Crippen LogP contribution in [0.1, 0.15) is 5.56 Å². The van der Waals surface area contributed by atoms with Gasteiger partial charge in [0.25, 0.3) is 0 Å². The summed E-state index contributed by atoms with van der Waals surface area (Å²) in [6.07, 6.45) is 3.23. The standard InChI is InChI=1S/C18H19FN4O2S/c1-12-2-3-13(19)16(10-12)26(24,25)15-4-5-21-17-14(11-22-18(15)17)23-8-6-20-7-9-23/h2-5,10-11,20,22H,6-9H2,1H3. The summed E-state index contributed by atoms with van der Waals surface area (Å²) < 4.78 is 40.4. The lowest BCUT2D eigenvalue weighted by molar-refractivity contribution is 0.567. The zero-order valence-corrected chi connectivity index (χ0v) is 15.1. The van der Waals surface area contributed by atoms with E-state index in [9.17, 15) is 12.8 Å². The van der Waals surface area contributed by atoms with Crippen molar-refractivity contribution in [3.05, 3.63) is 48.0 Å². The molecule has 0 bridgehead atoms. The highest BCUT2D eigenvalue weighted by Gasteiger charge is 2.26. The van der Waals surface area contributed by atoms with E-state index in [1.165, 1.54) is 24.4 Å². The summed E-state index contributed by atoms with van der Waals surface area (Å²) in [6, 6.07) is 5.50. The molecule has 2 aromatic heterocycles. The highest BCUT2D eigenvalue weighted by molar-refractivity contribution is 7.91. The molecular formula is C18H19FN4O2S. The molecule has 0 aliphatic carbocycles. The van der Waals surface area contributed by atoms with Crippen molar-refractivity contribution >= 4 is 26.6 Å². The average molecular weight is 374 g/mol. The predicted octanol–water partition coefficient (Wildman–Crippen LogP) is 2.25. The summed E-state index contributed by atoms with van der Waals surface area (Å²) in [5.41, 5.74) is 2.54. The zero-order valence-electron chi connectivity index (χ0n) is 14.3. The summed E-state index contributed by atoms with van der Waals surface area (Å²) in [5, 5.41) is 3.28. The first-order chi connectivity index (χ1) is 12.5. The molecule has 4 rings (SSSR count). The maximum absolute atomic E-state index is 14.2. The maximum atomic E-state index is 14.2. The number of benzene rings is 1. The Hall–Kier alpha value is -2.45. The van der Waals surface area contributed by atoms with E-state index in [0.29, 0.717) is 16.6 Å². The highest BCUT2D eigenvalue weighted by Crippen LogP contribution is 2.33. The van der Waals surface area contributed by atoms with Crippen molar-refractivity contribution < 1.29 is 12.8 Å². The summed E-state index contributed by atoms with van der Waals surface area (Å²) in [4.78, 5) is 9.29. The minimum Gasteiger partial charge on any atom is -0.366 e. The third-order valence-electron chi connectivity index (χ3n) is 4.63. The first-order valence-electron chi connectivity index (χ1n) is 8.41. The number of nitrogens with one attached hydrogen (secondary N) is 2. The molecular weight excluding hydrogens is 355 g/mol. The molecule has 1 saturated heterocycles. The molecule has 8 heteroatoms. The van der Waals surface area contributed by atoms with Crippen molar-refractivity contribution in [2.45, 2.75) is 16.7 Å². The quantitative estimate of drug-likeness (QED) is 0.735. The summed E-state index contributed by atoms with van der Waals surface area (Å²) in [6.45, 7) is 5.09. The van der Waals surface area contributed by atoms with E-state index in [1.54, 1.807) is 19.2 Å². The van der Waals surface area contributed by atoms with Crippen LogP contribution in [0.4, 0.5) is 10.1 Å². The van der Waals surface area contributed by atoms with Gasteiger partial charge in [0.2, 0.25) is 9.84 Å². The lowest BCUT2D eigenvalue weighted by atomic mass is 10.2. The lowest BCUT2D eigenvalue weighted by Crippen LogP contribution is -2.43.